The summed E-state index contributed by atoms with van der Waals surface area (Å²) in [6.45, 7) is 6.22. The Morgan fingerprint density at radius 2 is 1.81 bits per heavy atom. The molecule has 0 unspecified atom stereocenters. The number of unbranched alkanes of at least 4 members (excludes halogenated alkanes) is 1. The number of hydrogen-bond donors (Lipinski definition) is 3. The first-order valence-electron chi connectivity index (χ1n) is 7.15. The van der Waals surface area contributed by atoms with Gasteiger partial charge in [-0.25, -0.2) is 0 Å². The Morgan fingerprint density at radius 1 is 1.10 bits per heavy atom. The van der Waals surface area contributed by atoms with Crippen LogP contribution in [-0.4, -0.2) is 11.8 Å². The number of hydrazine groups is 1. The molecule has 0 atom stereocenters. The van der Waals surface area contributed by atoms with Gasteiger partial charge in [-0.05, 0) is 12.0 Å². The van der Waals surface area contributed by atoms with Crippen molar-refractivity contribution in [3.8, 4) is 0 Å². The van der Waals surface area contributed by atoms with Crippen LogP contribution >= 0.6 is 0 Å². The van der Waals surface area contributed by atoms with Crippen molar-refractivity contribution in [1.29, 1.82) is 0 Å². The molecule has 0 saturated carbocycles. The van der Waals surface area contributed by atoms with E-state index in [9.17, 15) is 9.59 Å². The number of benzene rings is 1. The first-order chi connectivity index (χ1) is 10.1. The maximum absolute atomic E-state index is 11.7. The minimum Gasteiger partial charge on any atom is -0.352 e. The van der Waals surface area contributed by atoms with E-state index in [-0.39, 0.29) is 18.2 Å². The topological polar surface area (TPSA) is 70.2 Å². The third kappa shape index (κ3) is 7.77. The van der Waals surface area contributed by atoms with Crippen molar-refractivity contribution < 1.29 is 9.59 Å². The smallest absolute Gasteiger partial charge is 0.238 e. The second-order valence-electron chi connectivity index (χ2n) is 4.82. The molecular weight excluding hydrogens is 266 g/mol. The highest BCUT2D eigenvalue weighted by atomic mass is 16.2. The summed E-state index contributed by atoms with van der Waals surface area (Å²) < 4.78 is 0. The van der Waals surface area contributed by atoms with Crippen molar-refractivity contribution in [1.82, 2.24) is 16.2 Å². The molecular formula is C16H23N3O2. The number of rotatable bonds is 9. The minimum atomic E-state index is -0.140. The van der Waals surface area contributed by atoms with E-state index in [0.29, 0.717) is 18.7 Å². The molecule has 5 heteroatoms. The molecule has 21 heavy (non-hydrogen) atoms. The first-order valence-corrected chi connectivity index (χ1v) is 7.15. The van der Waals surface area contributed by atoms with E-state index in [1.165, 1.54) is 0 Å². The van der Waals surface area contributed by atoms with Gasteiger partial charge >= 0.3 is 0 Å². The highest BCUT2D eigenvalue weighted by Gasteiger charge is 2.05. The molecule has 1 aromatic carbocycles. The lowest BCUT2D eigenvalue weighted by molar-refractivity contribution is -0.123. The van der Waals surface area contributed by atoms with Gasteiger partial charge in [0, 0.05) is 18.7 Å². The Balaban J connectivity index is 2.19. The zero-order valence-electron chi connectivity index (χ0n) is 12.4. The second-order valence-corrected chi connectivity index (χ2v) is 4.82. The molecule has 0 radical (unpaired) electrons. The van der Waals surface area contributed by atoms with Crippen molar-refractivity contribution in [3.05, 3.63) is 48.2 Å². The van der Waals surface area contributed by atoms with Crippen LogP contribution in [0.5, 0.6) is 0 Å². The predicted octanol–water partition coefficient (Wildman–Crippen LogP) is 2.02. The highest BCUT2D eigenvalue weighted by Crippen LogP contribution is 1.99. The van der Waals surface area contributed by atoms with E-state index in [1.807, 2.05) is 37.3 Å². The maximum atomic E-state index is 11.7. The lowest BCUT2D eigenvalue weighted by Crippen LogP contribution is -2.37. The van der Waals surface area contributed by atoms with E-state index >= 15 is 0 Å². The molecule has 1 rings (SSSR count). The van der Waals surface area contributed by atoms with Crippen LogP contribution in [0.3, 0.4) is 0 Å². The van der Waals surface area contributed by atoms with Gasteiger partial charge in [0.1, 0.15) is 0 Å². The first kappa shape index (κ1) is 16.8. The van der Waals surface area contributed by atoms with Crippen LogP contribution in [0.2, 0.25) is 0 Å². The Morgan fingerprint density at radius 3 is 2.48 bits per heavy atom. The summed E-state index contributed by atoms with van der Waals surface area (Å²) in [5.41, 5.74) is 6.70. The molecule has 0 aliphatic heterocycles. The Labute approximate surface area is 125 Å². The van der Waals surface area contributed by atoms with Gasteiger partial charge in [-0.3, -0.25) is 15.0 Å². The van der Waals surface area contributed by atoms with Crippen LogP contribution in [0.4, 0.5) is 0 Å². The fourth-order valence-electron chi connectivity index (χ4n) is 1.65. The number of hydrogen-bond acceptors (Lipinski definition) is 3. The van der Waals surface area contributed by atoms with Gasteiger partial charge in [-0.15, -0.1) is 0 Å². The Hall–Kier alpha value is -2.30. The van der Waals surface area contributed by atoms with Crippen LogP contribution in [0, 0.1) is 0 Å². The van der Waals surface area contributed by atoms with Gasteiger partial charge in [0.2, 0.25) is 11.8 Å². The molecule has 0 saturated heterocycles. The molecule has 0 aliphatic rings. The Kier molecular flexibility index (Phi) is 7.64. The normalized spacial score (nSPS) is 9.76. The zero-order chi connectivity index (χ0) is 15.5. The van der Waals surface area contributed by atoms with E-state index in [4.69, 9.17) is 0 Å². The van der Waals surface area contributed by atoms with Gasteiger partial charge in [-0.1, -0.05) is 50.3 Å². The predicted molar refractivity (Wildman–Crippen MR) is 82.8 cm³/mol. The van der Waals surface area contributed by atoms with Crippen molar-refractivity contribution in [2.75, 3.05) is 0 Å². The molecule has 0 heterocycles. The van der Waals surface area contributed by atoms with Gasteiger partial charge in [0.15, 0.2) is 0 Å². The van der Waals surface area contributed by atoms with Crippen molar-refractivity contribution in [2.24, 2.45) is 0 Å². The van der Waals surface area contributed by atoms with E-state index in [1.54, 1.807) is 0 Å². The largest absolute Gasteiger partial charge is 0.352 e. The van der Waals surface area contributed by atoms with Crippen molar-refractivity contribution in [2.45, 2.75) is 39.2 Å². The lowest BCUT2D eigenvalue weighted by atomic mass is 10.2. The molecule has 0 fully saturated rings. The van der Waals surface area contributed by atoms with E-state index < -0.39 is 0 Å². The monoisotopic (exact) mass is 289 g/mol. The number of carbonyl (C=O) groups excluding carboxylic acids is 2. The quantitative estimate of drug-likeness (QED) is 0.609. The number of carbonyl (C=O) groups is 2. The standard InChI is InChI=1S/C16H23N3O2/c1-3-4-10-15(20)19-18-13(2)11-16(21)17-12-14-8-6-5-7-9-14/h5-9,18H,2-4,10-12H2,1H3,(H,17,21)(H,19,20). The molecule has 0 bridgehead atoms. The molecule has 3 N–H and O–H groups in total. The van der Waals surface area contributed by atoms with Crippen LogP contribution in [0.25, 0.3) is 0 Å². The van der Waals surface area contributed by atoms with Gasteiger partial charge in [0.05, 0.1) is 6.42 Å². The van der Waals surface area contributed by atoms with Crippen molar-refractivity contribution >= 4 is 11.8 Å². The second kappa shape index (κ2) is 9.58. The fraction of sp³-hybridized carbons (Fsp3) is 0.375. The third-order valence-electron chi connectivity index (χ3n) is 2.84. The summed E-state index contributed by atoms with van der Waals surface area (Å²) >= 11 is 0. The van der Waals surface area contributed by atoms with Crippen LogP contribution < -0.4 is 16.2 Å². The zero-order valence-corrected chi connectivity index (χ0v) is 12.4. The number of amides is 2. The van der Waals surface area contributed by atoms with Crippen LogP contribution in [0.1, 0.15) is 38.2 Å². The summed E-state index contributed by atoms with van der Waals surface area (Å²) in [5.74, 6) is -0.234. The summed E-state index contributed by atoms with van der Waals surface area (Å²) in [6.07, 6.45) is 2.41. The minimum absolute atomic E-state index is 0.0947. The van der Waals surface area contributed by atoms with E-state index in [0.717, 1.165) is 18.4 Å². The van der Waals surface area contributed by atoms with Crippen LogP contribution in [-0.2, 0) is 16.1 Å². The van der Waals surface area contributed by atoms with Gasteiger partial charge < -0.3 is 10.7 Å². The third-order valence-corrected chi connectivity index (χ3v) is 2.84. The summed E-state index contributed by atoms with van der Waals surface area (Å²) in [4.78, 5) is 23.1. The Bertz CT molecular complexity index is 472. The van der Waals surface area contributed by atoms with Crippen molar-refractivity contribution in [3.63, 3.8) is 0 Å². The molecule has 5 nitrogen and oxygen atoms in total. The summed E-state index contributed by atoms with van der Waals surface area (Å²) in [5, 5.41) is 2.80. The van der Waals surface area contributed by atoms with Gasteiger partial charge in [0.25, 0.3) is 0 Å². The fourth-order valence-corrected chi connectivity index (χ4v) is 1.65. The SMILES string of the molecule is C=C(CC(=O)NCc1ccccc1)NNC(=O)CCCC. The average Bonchev–Trinajstić information content (AvgIpc) is 2.50. The molecule has 0 spiro atoms. The molecule has 0 aliphatic carbocycles. The maximum Gasteiger partial charge on any atom is 0.238 e. The molecule has 1 aromatic rings. The average molecular weight is 289 g/mol. The molecule has 2 amide bonds. The number of nitrogens with one attached hydrogen (secondary N) is 3. The highest BCUT2D eigenvalue weighted by molar-refractivity contribution is 5.78. The molecule has 0 aromatic heterocycles. The summed E-state index contributed by atoms with van der Waals surface area (Å²) in [7, 11) is 0. The van der Waals surface area contributed by atoms with Crippen LogP contribution in [0.15, 0.2) is 42.6 Å². The van der Waals surface area contributed by atoms with E-state index in [2.05, 4.69) is 22.7 Å². The lowest BCUT2D eigenvalue weighted by Gasteiger charge is -2.11. The summed E-state index contributed by atoms with van der Waals surface area (Å²) in [6, 6.07) is 9.67. The molecule has 114 valence electrons. The van der Waals surface area contributed by atoms with Gasteiger partial charge in [-0.2, -0.15) is 0 Å².